The molecule has 0 radical (unpaired) electrons. The van der Waals surface area contributed by atoms with Crippen LogP contribution in [-0.2, 0) is 0 Å². The molecule has 0 amide bonds. The van der Waals surface area contributed by atoms with E-state index in [-0.39, 0.29) is 18.2 Å². The minimum Gasteiger partial charge on any atom is -0.491 e. The van der Waals surface area contributed by atoms with E-state index in [9.17, 15) is 0 Å². The van der Waals surface area contributed by atoms with Crippen molar-refractivity contribution in [1.82, 2.24) is 10.3 Å². The van der Waals surface area contributed by atoms with Gasteiger partial charge in [-0.25, -0.2) is 4.98 Å². The summed E-state index contributed by atoms with van der Waals surface area (Å²) < 4.78 is 11.2. The summed E-state index contributed by atoms with van der Waals surface area (Å²) >= 11 is 0. The Morgan fingerprint density at radius 3 is 2.24 bits per heavy atom. The van der Waals surface area contributed by atoms with E-state index in [0.717, 1.165) is 17.4 Å². The van der Waals surface area contributed by atoms with Gasteiger partial charge in [0.05, 0.1) is 18.3 Å². The number of aryl methyl sites for hydroxylation is 1. The fraction of sp³-hybridized carbons (Fsp3) is 0.471. The topological polar surface area (TPSA) is 47.3 Å². The summed E-state index contributed by atoms with van der Waals surface area (Å²) in [6.45, 7) is 10.1. The summed E-state index contributed by atoms with van der Waals surface area (Å²) in [5, 5.41) is 3.49. The van der Waals surface area contributed by atoms with Gasteiger partial charge in [-0.05, 0) is 52.3 Å². The molecular weight excluding hydrogens is 264 g/mol. The van der Waals surface area contributed by atoms with Crippen LogP contribution < -0.4 is 10.1 Å². The van der Waals surface area contributed by atoms with E-state index in [2.05, 4.69) is 36.3 Å². The van der Waals surface area contributed by atoms with Gasteiger partial charge in [0.1, 0.15) is 11.5 Å². The molecule has 2 rings (SSSR count). The van der Waals surface area contributed by atoms with E-state index in [1.807, 2.05) is 32.9 Å². The van der Waals surface area contributed by atoms with E-state index in [0.29, 0.717) is 0 Å². The molecule has 4 nitrogen and oxygen atoms in total. The summed E-state index contributed by atoms with van der Waals surface area (Å²) in [5.41, 5.74) is 1.21. The first-order valence-corrected chi connectivity index (χ1v) is 7.40. The third-order valence-electron chi connectivity index (χ3n) is 3.26. The predicted octanol–water partition coefficient (Wildman–Crippen LogP) is 4.18. The molecule has 4 heteroatoms. The lowest BCUT2D eigenvalue weighted by molar-refractivity contribution is 0.242. The summed E-state index contributed by atoms with van der Waals surface area (Å²) in [4.78, 5) is 4.26. The SMILES string of the molecule is Cc1cnc(C(C)NC(C)c2ccc(OC(C)C)cc2)o1. The molecule has 1 aromatic carbocycles. The Bertz CT molecular complexity index is 560. The molecule has 0 saturated heterocycles. The third kappa shape index (κ3) is 4.33. The van der Waals surface area contributed by atoms with E-state index in [1.54, 1.807) is 6.20 Å². The molecule has 0 aliphatic rings. The predicted molar refractivity (Wildman–Crippen MR) is 83.4 cm³/mol. The fourth-order valence-electron chi connectivity index (χ4n) is 2.22. The van der Waals surface area contributed by atoms with Gasteiger partial charge in [0.25, 0.3) is 0 Å². The Labute approximate surface area is 126 Å². The Kier molecular flexibility index (Phi) is 5.02. The minimum absolute atomic E-state index is 0.0697. The van der Waals surface area contributed by atoms with Gasteiger partial charge in [0, 0.05) is 6.04 Å². The maximum absolute atomic E-state index is 5.66. The zero-order valence-electron chi connectivity index (χ0n) is 13.4. The molecule has 2 aromatic rings. The van der Waals surface area contributed by atoms with Gasteiger partial charge in [-0.3, -0.25) is 5.32 Å². The monoisotopic (exact) mass is 288 g/mol. The molecule has 0 bridgehead atoms. The van der Waals surface area contributed by atoms with Crippen LogP contribution >= 0.6 is 0 Å². The summed E-state index contributed by atoms with van der Waals surface area (Å²) in [7, 11) is 0. The van der Waals surface area contributed by atoms with Crippen molar-refractivity contribution in [1.29, 1.82) is 0 Å². The molecule has 0 aliphatic heterocycles. The quantitative estimate of drug-likeness (QED) is 0.866. The van der Waals surface area contributed by atoms with Gasteiger partial charge in [0.15, 0.2) is 0 Å². The third-order valence-corrected chi connectivity index (χ3v) is 3.26. The maximum Gasteiger partial charge on any atom is 0.211 e. The molecule has 1 aromatic heterocycles. The van der Waals surface area contributed by atoms with Gasteiger partial charge < -0.3 is 9.15 Å². The molecular formula is C17H24N2O2. The number of oxazole rings is 1. The first kappa shape index (κ1) is 15.6. The van der Waals surface area contributed by atoms with Gasteiger partial charge in [0.2, 0.25) is 5.89 Å². The largest absolute Gasteiger partial charge is 0.491 e. The molecule has 0 spiro atoms. The lowest BCUT2D eigenvalue weighted by Crippen LogP contribution is -2.22. The highest BCUT2D eigenvalue weighted by atomic mass is 16.5. The highest BCUT2D eigenvalue weighted by Crippen LogP contribution is 2.22. The smallest absolute Gasteiger partial charge is 0.211 e. The van der Waals surface area contributed by atoms with E-state index < -0.39 is 0 Å². The fourth-order valence-corrected chi connectivity index (χ4v) is 2.22. The van der Waals surface area contributed by atoms with Crippen molar-refractivity contribution < 1.29 is 9.15 Å². The van der Waals surface area contributed by atoms with Gasteiger partial charge in [-0.1, -0.05) is 12.1 Å². The van der Waals surface area contributed by atoms with Gasteiger partial charge >= 0.3 is 0 Å². The molecule has 0 aliphatic carbocycles. The first-order valence-electron chi connectivity index (χ1n) is 7.40. The van der Waals surface area contributed by atoms with Crippen LogP contribution in [0.1, 0.15) is 57.0 Å². The van der Waals surface area contributed by atoms with Crippen LogP contribution in [0.25, 0.3) is 0 Å². The molecule has 21 heavy (non-hydrogen) atoms. The lowest BCUT2D eigenvalue weighted by atomic mass is 10.1. The summed E-state index contributed by atoms with van der Waals surface area (Å²) in [6.07, 6.45) is 1.94. The second-order valence-corrected chi connectivity index (χ2v) is 5.65. The number of hydrogen-bond donors (Lipinski definition) is 1. The molecule has 1 heterocycles. The van der Waals surface area contributed by atoms with Crippen molar-refractivity contribution in [3.63, 3.8) is 0 Å². The second kappa shape index (κ2) is 6.76. The van der Waals surface area contributed by atoms with Gasteiger partial charge in [-0.2, -0.15) is 0 Å². The molecule has 2 unspecified atom stereocenters. The van der Waals surface area contributed by atoms with Crippen molar-refractivity contribution in [3.8, 4) is 5.75 Å². The average Bonchev–Trinajstić information content (AvgIpc) is 2.85. The number of aromatic nitrogens is 1. The van der Waals surface area contributed by atoms with Crippen LogP contribution in [0.3, 0.4) is 0 Å². The summed E-state index contributed by atoms with van der Waals surface area (Å²) in [6, 6.07) is 8.47. The molecule has 0 saturated carbocycles. The van der Waals surface area contributed by atoms with Crippen molar-refractivity contribution in [2.45, 2.75) is 52.8 Å². The van der Waals surface area contributed by atoms with Crippen LogP contribution in [-0.4, -0.2) is 11.1 Å². The molecule has 2 atom stereocenters. The Hall–Kier alpha value is -1.81. The van der Waals surface area contributed by atoms with Crippen LogP contribution in [0.4, 0.5) is 0 Å². The minimum atomic E-state index is 0.0697. The van der Waals surface area contributed by atoms with Crippen molar-refractivity contribution in [2.75, 3.05) is 0 Å². The number of nitrogens with zero attached hydrogens (tertiary/aromatic N) is 1. The number of nitrogens with one attached hydrogen (secondary N) is 1. The molecule has 0 fully saturated rings. The second-order valence-electron chi connectivity index (χ2n) is 5.65. The average molecular weight is 288 g/mol. The standard InChI is InChI=1S/C17H24N2O2/c1-11(2)20-16-8-6-15(7-9-16)13(4)19-14(5)17-18-10-12(3)21-17/h6-11,13-14,19H,1-5H3. The Morgan fingerprint density at radius 1 is 1.05 bits per heavy atom. The number of ether oxygens (including phenoxy) is 1. The summed E-state index contributed by atoms with van der Waals surface area (Å²) in [5.74, 6) is 2.46. The van der Waals surface area contributed by atoms with Crippen molar-refractivity contribution >= 4 is 0 Å². The van der Waals surface area contributed by atoms with Gasteiger partial charge in [-0.15, -0.1) is 0 Å². The number of rotatable bonds is 6. The lowest BCUT2D eigenvalue weighted by Gasteiger charge is -2.19. The van der Waals surface area contributed by atoms with Crippen LogP contribution in [0.5, 0.6) is 5.75 Å². The first-order chi connectivity index (χ1) is 9.95. The van der Waals surface area contributed by atoms with Crippen molar-refractivity contribution in [3.05, 3.63) is 47.7 Å². The van der Waals surface area contributed by atoms with E-state index in [1.165, 1.54) is 5.56 Å². The van der Waals surface area contributed by atoms with E-state index in [4.69, 9.17) is 9.15 Å². The van der Waals surface area contributed by atoms with Crippen LogP contribution in [0.2, 0.25) is 0 Å². The Balaban J connectivity index is 1.98. The van der Waals surface area contributed by atoms with E-state index >= 15 is 0 Å². The highest BCUT2D eigenvalue weighted by Gasteiger charge is 2.15. The van der Waals surface area contributed by atoms with Crippen LogP contribution in [0, 0.1) is 6.92 Å². The normalized spacial score (nSPS) is 14.2. The van der Waals surface area contributed by atoms with Crippen molar-refractivity contribution in [2.24, 2.45) is 0 Å². The number of hydrogen-bond acceptors (Lipinski definition) is 4. The molecule has 1 N–H and O–H groups in total. The highest BCUT2D eigenvalue weighted by molar-refractivity contribution is 5.29. The zero-order valence-corrected chi connectivity index (χ0v) is 13.4. The molecule has 114 valence electrons. The van der Waals surface area contributed by atoms with Crippen LogP contribution in [0.15, 0.2) is 34.9 Å². The maximum atomic E-state index is 5.66. The number of benzene rings is 1. The Morgan fingerprint density at radius 2 is 1.71 bits per heavy atom. The zero-order chi connectivity index (χ0) is 15.4.